The van der Waals surface area contributed by atoms with Crippen molar-refractivity contribution < 1.29 is 26.7 Å². The van der Waals surface area contributed by atoms with E-state index < -0.39 is 23.7 Å². The molecule has 0 amide bonds. The molecule has 2 aliphatic rings. The minimum Gasteiger partial charge on any atom is -0.399 e. The van der Waals surface area contributed by atoms with Gasteiger partial charge in [-0.05, 0) is 54.7 Å². The highest BCUT2D eigenvalue weighted by Crippen LogP contribution is 2.38. The van der Waals surface area contributed by atoms with Crippen molar-refractivity contribution in [1.82, 2.24) is 0 Å². The first kappa shape index (κ1) is 20.2. The van der Waals surface area contributed by atoms with E-state index in [-0.39, 0.29) is 12.0 Å². The van der Waals surface area contributed by atoms with Gasteiger partial charge in [-0.1, -0.05) is 50.7 Å². The molecule has 0 aromatic heterocycles. The number of hydrogen-bond donors (Lipinski definition) is 0. The number of alkyl halides is 3. The Balaban J connectivity index is 1.67. The van der Waals surface area contributed by atoms with Crippen LogP contribution in [0, 0.1) is 23.5 Å². The van der Waals surface area contributed by atoms with Crippen molar-refractivity contribution in [3.63, 3.8) is 0 Å². The third-order valence-electron chi connectivity index (χ3n) is 6.00. The van der Waals surface area contributed by atoms with Crippen LogP contribution >= 0.6 is 0 Å². The Labute approximate surface area is 156 Å². The predicted octanol–water partition coefficient (Wildman–Crippen LogP) is 7.19. The minimum atomic E-state index is -5.12. The van der Waals surface area contributed by atoms with E-state index in [4.69, 9.17) is 0 Å². The number of rotatable bonds is 5. The molecule has 0 unspecified atom stereocenters. The fourth-order valence-electron chi connectivity index (χ4n) is 4.34. The lowest BCUT2D eigenvalue weighted by Crippen LogP contribution is -2.20. The van der Waals surface area contributed by atoms with E-state index in [0.29, 0.717) is 17.9 Å². The molecule has 2 aliphatic carbocycles. The van der Waals surface area contributed by atoms with Crippen molar-refractivity contribution in [1.29, 1.82) is 0 Å². The summed E-state index contributed by atoms with van der Waals surface area (Å²) in [5.74, 6) is -2.37. The third-order valence-corrected chi connectivity index (χ3v) is 6.00. The van der Waals surface area contributed by atoms with Crippen LogP contribution < -0.4 is 4.74 Å². The van der Waals surface area contributed by atoms with Gasteiger partial charge in [0.25, 0.3) is 0 Å². The van der Waals surface area contributed by atoms with E-state index in [0.717, 1.165) is 30.4 Å². The van der Waals surface area contributed by atoms with Crippen LogP contribution in [0.15, 0.2) is 11.6 Å². The van der Waals surface area contributed by atoms with E-state index in [1.807, 2.05) is 0 Å². The molecule has 0 saturated heterocycles. The smallest absolute Gasteiger partial charge is 0.399 e. The van der Waals surface area contributed by atoms with Crippen LogP contribution in [0.3, 0.4) is 0 Å². The summed E-state index contributed by atoms with van der Waals surface area (Å²) in [5, 5.41) is 0. The number of halogens is 5. The van der Waals surface area contributed by atoms with Gasteiger partial charge < -0.3 is 4.74 Å². The van der Waals surface area contributed by atoms with Gasteiger partial charge in [-0.2, -0.15) is 0 Å². The maximum Gasteiger partial charge on any atom is 0.573 e. The topological polar surface area (TPSA) is 9.23 Å². The summed E-state index contributed by atoms with van der Waals surface area (Å²) in [7, 11) is 0. The van der Waals surface area contributed by atoms with E-state index >= 15 is 0 Å². The van der Waals surface area contributed by atoms with Gasteiger partial charge in [0.2, 0.25) is 5.75 Å². The molecule has 3 rings (SSSR count). The van der Waals surface area contributed by atoms with Gasteiger partial charge in [0.05, 0.1) is 0 Å². The first-order valence-electron chi connectivity index (χ1n) is 9.73. The van der Waals surface area contributed by atoms with Crippen LogP contribution in [0.4, 0.5) is 22.0 Å². The quantitative estimate of drug-likeness (QED) is 0.485. The number of hydrogen-bond acceptors (Lipinski definition) is 1. The lowest BCUT2D eigenvalue weighted by atomic mass is 9.78. The van der Waals surface area contributed by atoms with Gasteiger partial charge in [0.15, 0.2) is 11.6 Å². The lowest BCUT2D eigenvalue weighted by molar-refractivity contribution is -0.276. The second-order valence-corrected chi connectivity index (χ2v) is 7.75. The minimum absolute atomic E-state index is 0.0999. The molecule has 0 spiro atoms. The molecular weight excluding hydrogens is 363 g/mol. The summed E-state index contributed by atoms with van der Waals surface area (Å²) in [6.07, 6.45) is 5.70. The maximum atomic E-state index is 14.3. The fraction of sp³-hybridized carbons (Fsp3) is 0.619. The molecule has 27 heavy (non-hydrogen) atoms. The number of ether oxygens (including phenoxy) is 1. The Morgan fingerprint density at radius 1 is 1.04 bits per heavy atom. The van der Waals surface area contributed by atoms with Crippen molar-refractivity contribution in [2.45, 2.75) is 71.1 Å². The van der Waals surface area contributed by atoms with Crippen LogP contribution in [0.1, 0.15) is 69.4 Å². The molecule has 1 aromatic rings. The molecule has 0 aliphatic heterocycles. The maximum absolute atomic E-state index is 14.3. The van der Waals surface area contributed by atoms with E-state index in [2.05, 4.69) is 11.7 Å². The van der Waals surface area contributed by atoms with Crippen molar-refractivity contribution >= 4 is 6.08 Å². The predicted molar refractivity (Wildman–Crippen MR) is 94.3 cm³/mol. The van der Waals surface area contributed by atoms with Gasteiger partial charge in [-0.25, -0.2) is 8.78 Å². The highest BCUT2D eigenvalue weighted by atomic mass is 19.4. The van der Waals surface area contributed by atoms with Gasteiger partial charge in [-0.15, -0.1) is 13.2 Å². The Kier molecular flexibility index (Phi) is 6.11. The molecule has 150 valence electrons. The van der Waals surface area contributed by atoms with Gasteiger partial charge in [-0.3, -0.25) is 0 Å². The Hall–Kier alpha value is -1.59. The Morgan fingerprint density at radius 2 is 1.70 bits per heavy atom. The average molecular weight is 388 g/mol. The number of allylic oxidation sites excluding steroid dienone is 1. The van der Waals surface area contributed by atoms with Crippen molar-refractivity contribution in [2.24, 2.45) is 11.8 Å². The molecule has 1 fully saturated rings. The second-order valence-electron chi connectivity index (χ2n) is 7.75. The summed E-state index contributed by atoms with van der Waals surface area (Å²) in [6.45, 7) is 2.23. The summed E-state index contributed by atoms with van der Waals surface area (Å²) >= 11 is 0. The zero-order valence-electron chi connectivity index (χ0n) is 15.5. The molecular formula is C21H25F5O. The van der Waals surface area contributed by atoms with E-state index in [9.17, 15) is 22.0 Å². The van der Waals surface area contributed by atoms with Crippen molar-refractivity contribution in [3.05, 3.63) is 34.4 Å². The molecule has 6 heteroatoms. The summed E-state index contributed by atoms with van der Waals surface area (Å²) in [4.78, 5) is 0. The van der Waals surface area contributed by atoms with Crippen LogP contribution in [-0.2, 0) is 6.42 Å². The normalized spacial score (nSPS) is 23.0. The molecule has 1 aromatic carbocycles. The highest BCUT2D eigenvalue weighted by Gasteiger charge is 2.35. The molecule has 1 nitrogen and oxygen atoms in total. The highest BCUT2D eigenvalue weighted by molar-refractivity contribution is 5.61. The SMILES string of the molecule is CCC1CCC(CCC2=Cc3cc(F)c(OC(F)(F)F)c(F)c3CC2)CC1. The van der Waals surface area contributed by atoms with Crippen LogP contribution in [0.5, 0.6) is 5.75 Å². The number of fused-ring (bicyclic) bond motifs is 1. The van der Waals surface area contributed by atoms with Gasteiger partial charge in [0, 0.05) is 0 Å². The molecule has 0 N–H and O–H groups in total. The summed E-state index contributed by atoms with van der Waals surface area (Å²) < 4.78 is 68.9. The Morgan fingerprint density at radius 3 is 2.33 bits per heavy atom. The molecule has 0 heterocycles. The standard InChI is InChI=1S/C21H25F5O/c1-2-13-3-5-14(6-4-13)7-8-15-9-10-17-16(11-15)12-18(22)20(19(17)23)27-21(24,25)26/h11-14H,2-10H2,1H3. The third kappa shape index (κ3) is 5.02. The fourth-order valence-corrected chi connectivity index (χ4v) is 4.34. The van der Waals surface area contributed by atoms with Crippen LogP contribution in [-0.4, -0.2) is 6.36 Å². The lowest BCUT2D eigenvalue weighted by Gasteiger charge is -2.28. The molecule has 0 atom stereocenters. The largest absolute Gasteiger partial charge is 0.573 e. The second kappa shape index (κ2) is 8.19. The van der Waals surface area contributed by atoms with Crippen LogP contribution in [0.25, 0.3) is 6.08 Å². The van der Waals surface area contributed by atoms with E-state index in [1.54, 1.807) is 6.08 Å². The molecule has 0 bridgehead atoms. The van der Waals surface area contributed by atoms with E-state index in [1.165, 1.54) is 32.1 Å². The van der Waals surface area contributed by atoms with Gasteiger partial charge in [0.1, 0.15) is 0 Å². The molecule has 1 saturated carbocycles. The number of benzene rings is 1. The van der Waals surface area contributed by atoms with Crippen LogP contribution in [0.2, 0.25) is 0 Å². The zero-order chi connectivity index (χ0) is 19.6. The van der Waals surface area contributed by atoms with Crippen molar-refractivity contribution in [3.8, 4) is 5.75 Å². The summed E-state index contributed by atoms with van der Waals surface area (Å²) in [5.41, 5.74) is 1.54. The average Bonchev–Trinajstić information content (AvgIpc) is 2.63. The molecule has 0 radical (unpaired) electrons. The summed E-state index contributed by atoms with van der Waals surface area (Å²) in [6, 6.07) is 0.950. The first-order chi connectivity index (χ1) is 12.8. The first-order valence-corrected chi connectivity index (χ1v) is 9.73. The van der Waals surface area contributed by atoms with Crippen molar-refractivity contribution in [2.75, 3.05) is 0 Å². The zero-order valence-corrected chi connectivity index (χ0v) is 15.5. The van der Waals surface area contributed by atoms with Gasteiger partial charge >= 0.3 is 6.36 Å². The Bertz CT molecular complexity index is 700. The monoisotopic (exact) mass is 388 g/mol.